The summed E-state index contributed by atoms with van der Waals surface area (Å²) >= 11 is 3.50. The van der Waals surface area contributed by atoms with Crippen LogP contribution in [-0.4, -0.2) is 33.3 Å². The van der Waals surface area contributed by atoms with Crippen molar-refractivity contribution >= 4 is 21.8 Å². The lowest BCUT2D eigenvalue weighted by Gasteiger charge is -2.12. The highest BCUT2D eigenvalue weighted by Crippen LogP contribution is 2.33. The van der Waals surface area contributed by atoms with Crippen LogP contribution >= 0.6 is 15.9 Å². The predicted octanol–water partition coefficient (Wildman–Crippen LogP) is 3.08. The Balaban J connectivity index is 1.81. The van der Waals surface area contributed by atoms with Gasteiger partial charge in [0.1, 0.15) is 5.75 Å². The molecule has 6 nitrogen and oxygen atoms in total. The molecular weight excluding hydrogens is 400 g/mol. The zero-order chi connectivity index (χ0) is 18.9. The van der Waals surface area contributed by atoms with Crippen molar-refractivity contribution < 1.29 is 19.0 Å². The van der Waals surface area contributed by atoms with Gasteiger partial charge in [0.25, 0.3) is 5.91 Å². The number of carbonyl (C=O) groups is 1. The van der Waals surface area contributed by atoms with Gasteiger partial charge in [-0.05, 0) is 48.4 Å². The number of amides is 1. The van der Waals surface area contributed by atoms with E-state index in [0.29, 0.717) is 35.8 Å². The molecule has 7 heteroatoms. The third-order valence-corrected chi connectivity index (χ3v) is 4.36. The molecule has 1 amide bonds. The van der Waals surface area contributed by atoms with Crippen LogP contribution in [0.5, 0.6) is 17.2 Å². The maximum atomic E-state index is 11.9. The third-order valence-electron chi connectivity index (χ3n) is 3.62. The van der Waals surface area contributed by atoms with Crippen LogP contribution in [0, 0.1) is 11.3 Å². The molecular formula is C19H19BrN2O4. The van der Waals surface area contributed by atoms with Crippen molar-refractivity contribution in [2.45, 2.75) is 6.42 Å². The zero-order valence-electron chi connectivity index (χ0n) is 14.5. The number of halogens is 1. The Morgan fingerprint density at radius 2 is 1.81 bits per heavy atom. The molecule has 0 aliphatic carbocycles. The fraction of sp³-hybridized carbons (Fsp3) is 0.263. The normalized spacial score (nSPS) is 9.92. The molecule has 0 saturated carbocycles. The van der Waals surface area contributed by atoms with Gasteiger partial charge in [-0.25, -0.2) is 0 Å². The van der Waals surface area contributed by atoms with Crippen molar-refractivity contribution in [3.05, 3.63) is 52.0 Å². The van der Waals surface area contributed by atoms with Gasteiger partial charge in [0, 0.05) is 11.0 Å². The Kier molecular flexibility index (Phi) is 7.30. The first-order valence-corrected chi connectivity index (χ1v) is 8.66. The Hall–Kier alpha value is -2.72. The lowest BCUT2D eigenvalue weighted by atomic mass is 10.1. The van der Waals surface area contributed by atoms with Gasteiger partial charge >= 0.3 is 0 Å². The molecule has 0 saturated heterocycles. The van der Waals surface area contributed by atoms with E-state index in [4.69, 9.17) is 19.5 Å². The van der Waals surface area contributed by atoms with E-state index < -0.39 is 0 Å². The Morgan fingerprint density at radius 1 is 1.15 bits per heavy atom. The summed E-state index contributed by atoms with van der Waals surface area (Å²) in [4.78, 5) is 11.9. The van der Waals surface area contributed by atoms with Crippen molar-refractivity contribution in [3.8, 4) is 23.3 Å². The minimum absolute atomic E-state index is 0.0843. The van der Waals surface area contributed by atoms with Crippen molar-refractivity contribution in [1.29, 1.82) is 5.26 Å². The fourth-order valence-corrected chi connectivity index (χ4v) is 2.77. The number of carbonyl (C=O) groups excluding carboxylic acids is 1. The van der Waals surface area contributed by atoms with Gasteiger partial charge in [0.2, 0.25) is 0 Å². The van der Waals surface area contributed by atoms with E-state index in [0.717, 1.165) is 10.0 Å². The first-order chi connectivity index (χ1) is 12.6. The molecule has 0 aliphatic heterocycles. The van der Waals surface area contributed by atoms with E-state index in [-0.39, 0.29) is 12.5 Å². The van der Waals surface area contributed by atoms with Gasteiger partial charge in [-0.1, -0.05) is 15.9 Å². The van der Waals surface area contributed by atoms with E-state index in [1.165, 1.54) is 0 Å². The molecule has 1 N–H and O–H groups in total. The van der Waals surface area contributed by atoms with Crippen molar-refractivity contribution in [3.63, 3.8) is 0 Å². The molecule has 26 heavy (non-hydrogen) atoms. The van der Waals surface area contributed by atoms with Crippen LogP contribution in [0.1, 0.15) is 11.1 Å². The smallest absolute Gasteiger partial charge is 0.257 e. The first-order valence-electron chi connectivity index (χ1n) is 7.87. The summed E-state index contributed by atoms with van der Waals surface area (Å²) in [5.74, 6) is 1.61. The van der Waals surface area contributed by atoms with Crippen LogP contribution in [0.15, 0.2) is 40.9 Å². The second-order valence-electron chi connectivity index (χ2n) is 5.32. The van der Waals surface area contributed by atoms with Crippen LogP contribution in [0.3, 0.4) is 0 Å². The SMILES string of the molecule is COc1cc(Br)c(CCNC(=O)COc2ccc(C#N)cc2)cc1OC. The van der Waals surface area contributed by atoms with E-state index in [2.05, 4.69) is 21.2 Å². The van der Waals surface area contributed by atoms with Crippen LogP contribution in [-0.2, 0) is 11.2 Å². The predicted molar refractivity (Wildman–Crippen MR) is 101 cm³/mol. The standard InChI is InChI=1S/C19H19BrN2O4/c1-24-17-9-14(16(20)10-18(17)25-2)7-8-22-19(23)12-26-15-5-3-13(11-21)4-6-15/h3-6,9-10H,7-8,12H2,1-2H3,(H,22,23). The second kappa shape index (κ2) is 9.68. The largest absolute Gasteiger partial charge is 0.493 e. The summed E-state index contributed by atoms with van der Waals surface area (Å²) in [7, 11) is 3.16. The molecule has 2 rings (SSSR count). The molecule has 2 aromatic rings. The number of rotatable bonds is 8. The fourth-order valence-electron chi connectivity index (χ4n) is 2.25. The molecule has 0 fully saturated rings. The summed E-state index contributed by atoms with van der Waals surface area (Å²) in [5.41, 5.74) is 1.54. The molecule has 136 valence electrons. The van der Waals surface area contributed by atoms with Crippen molar-refractivity contribution in [2.75, 3.05) is 27.4 Å². The summed E-state index contributed by atoms with van der Waals surface area (Å²) < 4.78 is 16.8. The lowest BCUT2D eigenvalue weighted by molar-refractivity contribution is -0.123. The first kappa shape index (κ1) is 19.6. The number of ether oxygens (including phenoxy) is 3. The van der Waals surface area contributed by atoms with E-state index in [1.54, 1.807) is 38.5 Å². The van der Waals surface area contributed by atoms with Gasteiger partial charge < -0.3 is 19.5 Å². The van der Waals surface area contributed by atoms with Gasteiger partial charge in [-0.3, -0.25) is 4.79 Å². The Morgan fingerprint density at radius 3 is 2.42 bits per heavy atom. The molecule has 0 heterocycles. The summed E-state index contributed by atoms with van der Waals surface area (Å²) in [6.07, 6.45) is 0.629. The van der Waals surface area contributed by atoms with Gasteiger partial charge in [-0.2, -0.15) is 5.26 Å². The third kappa shape index (κ3) is 5.39. The molecule has 0 bridgehead atoms. The number of nitrogens with zero attached hydrogens (tertiary/aromatic N) is 1. The number of methoxy groups -OCH3 is 2. The minimum Gasteiger partial charge on any atom is -0.493 e. The highest BCUT2D eigenvalue weighted by atomic mass is 79.9. The average Bonchev–Trinajstić information content (AvgIpc) is 2.67. The van der Waals surface area contributed by atoms with E-state index >= 15 is 0 Å². The van der Waals surface area contributed by atoms with Crippen LogP contribution in [0.4, 0.5) is 0 Å². The minimum atomic E-state index is -0.217. The zero-order valence-corrected chi connectivity index (χ0v) is 16.1. The van der Waals surface area contributed by atoms with E-state index in [9.17, 15) is 4.79 Å². The Bertz CT molecular complexity index is 800. The average molecular weight is 419 g/mol. The number of benzene rings is 2. The molecule has 0 radical (unpaired) electrons. The van der Waals surface area contributed by atoms with Gasteiger partial charge in [-0.15, -0.1) is 0 Å². The Labute approximate surface area is 160 Å². The van der Waals surface area contributed by atoms with Crippen molar-refractivity contribution in [2.24, 2.45) is 0 Å². The summed E-state index contributed by atoms with van der Waals surface area (Å²) in [5, 5.41) is 11.6. The number of hydrogen-bond acceptors (Lipinski definition) is 5. The molecule has 0 unspecified atom stereocenters. The number of nitrogens with one attached hydrogen (secondary N) is 1. The summed E-state index contributed by atoms with van der Waals surface area (Å²) in [6, 6.07) is 12.3. The van der Waals surface area contributed by atoms with Crippen LogP contribution < -0.4 is 19.5 Å². The van der Waals surface area contributed by atoms with E-state index in [1.807, 2.05) is 18.2 Å². The molecule has 0 spiro atoms. The van der Waals surface area contributed by atoms with Crippen LogP contribution in [0.25, 0.3) is 0 Å². The van der Waals surface area contributed by atoms with Crippen LogP contribution in [0.2, 0.25) is 0 Å². The number of hydrogen-bond donors (Lipinski definition) is 1. The molecule has 0 aromatic heterocycles. The molecule has 0 aliphatic rings. The van der Waals surface area contributed by atoms with Gasteiger partial charge in [0.05, 0.1) is 25.9 Å². The lowest BCUT2D eigenvalue weighted by Crippen LogP contribution is -2.30. The molecule has 2 aromatic carbocycles. The summed E-state index contributed by atoms with van der Waals surface area (Å²) in [6.45, 7) is 0.378. The second-order valence-corrected chi connectivity index (χ2v) is 6.18. The number of nitriles is 1. The quantitative estimate of drug-likeness (QED) is 0.712. The van der Waals surface area contributed by atoms with Gasteiger partial charge in [0.15, 0.2) is 18.1 Å². The monoisotopic (exact) mass is 418 g/mol. The maximum absolute atomic E-state index is 11.9. The topological polar surface area (TPSA) is 80.6 Å². The van der Waals surface area contributed by atoms with Crippen molar-refractivity contribution in [1.82, 2.24) is 5.32 Å². The highest BCUT2D eigenvalue weighted by Gasteiger charge is 2.10. The highest BCUT2D eigenvalue weighted by molar-refractivity contribution is 9.10. The molecule has 0 atom stereocenters. The maximum Gasteiger partial charge on any atom is 0.257 e.